The zero-order valence-electron chi connectivity index (χ0n) is 8.69. The molecule has 82 valence electrons. The number of ether oxygens (including phenoxy) is 1. The third-order valence-corrected chi connectivity index (χ3v) is 2.77. The highest BCUT2D eigenvalue weighted by molar-refractivity contribution is 5.85. The van der Waals surface area contributed by atoms with E-state index in [0.717, 1.165) is 10.9 Å². The fourth-order valence-electron chi connectivity index (χ4n) is 1.99. The molecule has 4 nitrogen and oxygen atoms in total. The van der Waals surface area contributed by atoms with Crippen LogP contribution in [0.1, 0.15) is 17.2 Å². The van der Waals surface area contributed by atoms with Crippen molar-refractivity contribution < 1.29 is 14.3 Å². The van der Waals surface area contributed by atoms with Crippen molar-refractivity contribution in [3.63, 3.8) is 0 Å². The third kappa shape index (κ3) is 1.17. The van der Waals surface area contributed by atoms with Crippen molar-refractivity contribution in [1.82, 2.24) is 0 Å². The van der Waals surface area contributed by atoms with Crippen LogP contribution in [0.4, 0.5) is 0 Å². The highest BCUT2D eigenvalue weighted by Gasteiger charge is 2.29. The first kappa shape index (κ1) is 9.42. The molecule has 1 aromatic heterocycles. The Hall–Kier alpha value is -1.81. The molecule has 0 saturated carbocycles. The summed E-state index contributed by atoms with van der Waals surface area (Å²) >= 11 is 0. The summed E-state index contributed by atoms with van der Waals surface area (Å²) in [6.07, 6.45) is -0.879. The van der Waals surface area contributed by atoms with Gasteiger partial charge in [-0.15, -0.1) is 0 Å². The summed E-state index contributed by atoms with van der Waals surface area (Å²) in [5.74, 6) is 0.461. The minimum Gasteiger partial charge on any atom is -0.489 e. The van der Waals surface area contributed by atoms with Gasteiger partial charge in [-0.05, 0) is 19.1 Å². The molecule has 1 aromatic carbocycles. The van der Waals surface area contributed by atoms with Crippen LogP contribution in [0, 0.1) is 6.92 Å². The standard InChI is InChI=1S/C12H10O4/c1-6-2-3-9-7(4-6)11-10(12(14)16-9)8(13)5-15-11/h2-4,8,13H,5H2,1H3. The molecular weight excluding hydrogens is 208 g/mol. The molecule has 0 spiro atoms. The van der Waals surface area contributed by atoms with Crippen LogP contribution in [-0.2, 0) is 0 Å². The number of fused-ring (bicyclic) bond motifs is 3. The maximum atomic E-state index is 11.6. The van der Waals surface area contributed by atoms with E-state index in [1.54, 1.807) is 6.07 Å². The molecule has 2 aromatic rings. The zero-order valence-corrected chi connectivity index (χ0v) is 8.69. The van der Waals surface area contributed by atoms with E-state index >= 15 is 0 Å². The molecule has 4 heteroatoms. The van der Waals surface area contributed by atoms with E-state index < -0.39 is 11.7 Å². The SMILES string of the molecule is Cc1ccc2oc(=O)c3c(c2c1)OCC3O. The highest BCUT2D eigenvalue weighted by atomic mass is 16.5. The van der Waals surface area contributed by atoms with E-state index in [-0.39, 0.29) is 12.2 Å². The van der Waals surface area contributed by atoms with Gasteiger partial charge in [-0.2, -0.15) is 0 Å². The topological polar surface area (TPSA) is 59.7 Å². The minimum atomic E-state index is -0.879. The van der Waals surface area contributed by atoms with Crippen molar-refractivity contribution >= 4 is 11.0 Å². The van der Waals surface area contributed by atoms with E-state index in [1.807, 2.05) is 19.1 Å². The van der Waals surface area contributed by atoms with Gasteiger partial charge in [0.05, 0.1) is 5.39 Å². The number of aliphatic hydroxyl groups excluding tert-OH is 1. The minimum absolute atomic E-state index is 0.118. The van der Waals surface area contributed by atoms with Gasteiger partial charge in [-0.25, -0.2) is 4.79 Å². The molecule has 2 heterocycles. The van der Waals surface area contributed by atoms with E-state index in [9.17, 15) is 9.90 Å². The van der Waals surface area contributed by atoms with Crippen LogP contribution in [0.3, 0.4) is 0 Å². The van der Waals surface area contributed by atoms with Gasteiger partial charge in [0, 0.05) is 0 Å². The summed E-state index contributed by atoms with van der Waals surface area (Å²) in [6, 6.07) is 5.48. The maximum Gasteiger partial charge on any atom is 0.346 e. The smallest absolute Gasteiger partial charge is 0.346 e. The van der Waals surface area contributed by atoms with Crippen LogP contribution in [-0.4, -0.2) is 11.7 Å². The van der Waals surface area contributed by atoms with Crippen LogP contribution < -0.4 is 10.4 Å². The van der Waals surface area contributed by atoms with Crippen molar-refractivity contribution in [1.29, 1.82) is 0 Å². The average Bonchev–Trinajstić information content (AvgIpc) is 2.63. The molecule has 16 heavy (non-hydrogen) atoms. The largest absolute Gasteiger partial charge is 0.489 e. The highest BCUT2D eigenvalue weighted by Crippen LogP contribution is 2.36. The van der Waals surface area contributed by atoms with Crippen molar-refractivity contribution in [2.24, 2.45) is 0 Å². The van der Waals surface area contributed by atoms with Gasteiger partial charge in [-0.1, -0.05) is 11.6 Å². The number of aliphatic hydroxyl groups is 1. The number of hydrogen-bond acceptors (Lipinski definition) is 4. The molecule has 1 aliphatic rings. The molecule has 1 atom stereocenters. The Morgan fingerprint density at radius 3 is 3.06 bits per heavy atom. The number of rotatable bonds is 0. The normalized spacial score (nSPS) is 18.5. The predicted octanol–water partition coefficient (Wildman–Crippen LogP) is 1.53. The van der Waals surface area contributed by atoms with Gasteiger partial charge in [0.2, 0.25) is 0 Å². The maximum absolute atomic E-state index is 11.6. The lowest BCUT2D eigenvalue weighted by atomic mass is 10.1. The van der Waals surface area contributed by atoms with Crippen LogP contribution in [0.25, 0.3) is 11.0 Å². The number of hydrogen-bond donors (Lipinski definition) is 1. The Bertz CT molecular complexity index is 627. The quantitative estimate of drug-likeness (QED) is 0.681. The summed E-state index contributed by atoms with van der Waals surface area (Å²) in [5, 5.41) is 10.3. The zero-order chi connectivity index (χ0) is 11.3. The van der Waals surface area contributed by atoms with Crippen molar-refractivity contribution in [2.45, 2.75) is 13.0 Å². The molecule has 0 fully saturated rings. The summed E-state index contributed by atoms with van der Waals surface area (Å²) in [7, 11) is 0. The molecule has 0 radical (unpaired) electrons. The first-order chi connectivity index (χ1) is 7.66. The monoisotopic (exact) mass is 218 g/mol. The molecule has 1 aliphatic heterocycles. The molecule has 0 aliphatic carbocycles. The summed E-state index contributed by atoms with van der Waals surface area (Å²) < 4.78 is 10.5. The van der Waals surface area contributed by atoms with Gasteiger partial charge in [-0.3, -0.25) is 0 Å². The first-order valence-corrected chi connectivity index (χ1v) is 5.05. The van der Waals surface area contributed by atoms with Crippen molar-refractivity contribution in [2.75, 3.05) is 6.61 Å². The molecule has 1 N–H and O–H groups in total. The Morgan fingerprint density at radius 1 is 1.44 bits per heavy atom. The van der Waals surface area contributed by atoms with E-state index in [4.69, 9.17) is 9.15 Å². The molecule has 0 bridgehead atoms. The lowest BCUT2D eigenvalue weighted by Gasteiger charge is -2.03. The van der Waals surface area contributed by atoms with Crippen LogP contribution in [0.2, 0.25) is 0 Å². The number of aryl methyl sites for hydroxylation is 1. The molecular formula is C12H10O4. The van der Waals surface area contributed by atoms with Gasteiger partial charge in [0.1, 0.15) is 29.6 Å². The van der Waals surface area contributed by atoms with Crippen molar-refractivity contribution in [3.8, 4) is 5.75 Å². The second-order valence-electron chi connectivity index (χ2n) is 3.96. The predicted molar refractivity (Wildman–Crippen MR) is 57.7 cm³/mol. The lowest BCUT2D eigenvalue weighted by molar-refractivity contribution is 0.139. The molecule has 0 saturated heterocycles. The van der Waals surface area contributed by atoms with Crippen LogP contribution >= 0.6 is 0 Å². The van der Waals surface area contributed by atoms with Crippen molar-refractivity contribution in [3.05, 3.63) is 39.7 Å². The van der Waals surface area contributed by atoms with Gasteiger partial charge in [0.25, 0.3) is 0 Å². The fourth-order valence-corrected chi connectivity index (χ4v) is 1.99. The van der Waals surface area contributed by atoms with E-state index in [0.29, 0.717) is 11.3 Å². The fraction of sp³-hybridized carbons (Fsp3) is 0.250. The summed E-state index contributed by atoms with van der Waals surface area (Å²) in [6.45, 7) is 2.06. The first-order valence-electron chi connectivity index (χ1n) is 5.05. The summed E-state index contributed by atoms with van der Waals surface area (Å²) in [5.41, 5.74) is 1.26. The second-order valence-corrected chi connectivity index (χ2v) is 3.96. The average molecular weight is 218 g/mol. The van der Waals surface area contributed by atoms with Crippen LogP contribution in [0.15, 0.2) is 27.4 Å². The Balaban J connectivity index is 2.47. The molecule has 3 rings (SSSR count). The summed E-state index contributed by atoms with van der Waals surface area (Å²) in [4.78, 5) is 11.6. The Kier molecular flexibility index (Phi) is 1.82. The van der Waals surface area contributed by atoms with Gasteiger partial charge >= 0.3 is 5.63 Å². The van der Waals surface area contributed by atoms with E-state index in [2.05, 4.69) is 0 Å². The third-order valence-electron chi connectivity index (χ3n) is 2.77. The Morgan fingerprint density at radius 2 is 2.25 bits per heavy atom. The van der Waals surface area contributed by atoms with Crippen LogP contribution in [0.5, 0.6) is 5.75 Å². The van der Waals surface area contributed by atoms with Gasteiger partial charge in [0.15, 0.2) is 0 Å². The van der Waals surface area contributed by atoms with E-state index in [1.165, 1.54) is 0 Å². The van der Waals surface area contributed by atoms with Gasteiger partial charge < -0.3 is 14.3 Å². The molecule has 1 unspecified atom stereocenters. The number of benzene rings is 1. The Labute approximate surface area is 91.1 Å². The second kappa shape index (κ2) is 3.09. The lowest BCUT2D eigenvalue weighted by Crippen LogP contribution is -2.09. The molecule has 0 amide bonds.